The first-order valence-corrected chi connectivity index (χ1v) is 6.80. The molecule has 0 unspecified atom stereocenters. The average Bonchev–Trinajstić information content (AvgIpc) is 2.17. The number of ether oxygens (including phenoxy) is 1. The van der Waals surface area contributed by atoms with E-state index in [9.17, 15) is 8.42 Å². The van der Waals surface area contributed by atoms with E-state index in [-0.39, 0.29) is 0 Å². The smallest absolute Gasteiger partial charge is 0.280 e. The first-order chi connectivity index (χ1) is 7.37. The summed E-state index contributed by atoms with van der Waals surface area (Å²) in [6.07, 6.45) is 0. The van der Waals surface area contributed by atoms with Crippen molar-refractivity contribution in [3.63, 3.8) is 0 Å². The van der Waals surface area contributed by atoms with Crippen molar-refractivity contribution < 1.29 is 13.2 Å². The van der Waals surface area contributed by atoms with E-state index in [0.717, 1.165) is 0 Å². The van der Waals surface area contributed by atoms with Gasteiger partial charge in [0.05, 0.1) is 12.1 Å². The van der Waals surface area contributed by atoms with Crippen molar-refractivity contribution in [1.82, 2.24) is 14.3 Å². The largest absolute Gasteiger partial charge is 0.383 e. The third kappa shape index (κ3) is 3.99. The molecule has 0 bridgehead atoms. The maximum atomic E-state index is 12.0. The number of nitrogens with one attached hydrogen (secondary N) is 2. The summed E-state index contributed by atoms with van der Waals surface area (Å²) < 4.78 is 33.1. The van der Waals surface area contributed by atoms with E-state index in [2.05, 4.69) is 10.0 Å². The number of nitrogens with zero attached hydrogens (tertiary/aromatic N) is 1. The van der Waals surface area contributed by atoms with Crippen LogP contribution in [-0.2, 0) is 14.9 Å². The van der Waals surface area contributed by atoms with Gasteiger partial charge in [-0.1, -0.05) is 0 Å². The highest BCUT2D eigenvalue weighted by Gasteiger charge is 2.30. The SMILES string of the molecule is COCC(C)(C)NS(=O)(=O)N1CCNCC1. The van der Waals surface area contributed by atoms with E-state index in [1.54, 1.807) is 21.0 Å². The first kappa shape index (κ1) is 13.9. The zero-order valence-corrected chi connectivity index (χ0v) is 10.9. The minimum absolute atomic E-state index is 0.346. The molecule has 0 aliphatic carbocycles. The van der Waals surface area contributed by atoms with E-state index in [1.165, 1.54) is 4.31 Å². The molecule has 6 nitrogen and oxygen atoms in total. The Balaban J connectivity index is 2.63. The molecule has 1 fully saturated rings. The van der Waals surface area contributed by atoms with E-state index in [1.807, 2.05) is 0 Å². The highest BCUT2D eigenvalue weighted by molar-refractivity contribution is 7.87. The third-order valence-corrected chi connectivity index (χ3v) is 4.18. The topological polar surface area (TPSA) is 70.7 Å². The van der Waals surface area contributed by atoms with Crippen LogP contribution in [0.5, 0.6) is 0 Å². The van der Waals surface area contributed by atoms with Gasteiger partial charge in [-0.05, 0) is 13.8 Å². The molecule has 1 aliphatic heterocycles. The second-order valence-electron chi connectivity index (χ2n) is 4.57. The summed E-state index contributed by atoms with van der Waals surface area (Å²) in [6.45, 7) is 6.37. The van der Waals surface area contributed by atoms with Crippen LogP contribution in [0, 0.1) is 0 Å². The lowest BCUT2D eigenvalue weighted by Crippen LogP contribution is -2.56. The number of rotatable bonds is 5. The second kappa shape index (κ2) is 5.42. The molecule has 0 spiro atoms. The van der Waals surface area contributed by atoms with E-state index in [0.29, 0.717) is 32.8 Å². The Bertz CT molecular complexity index is 310. The molecular weight excluding hydrogens is 230 g/mol. The molecule has 0 saturated carbocycles. The summed E-state index contributed by atoms with van der Waals surface area (Å²) in [5, 5.41) is 3.12. The first-order valence-electron chi connectivity index (χ1n) is 5.36. The number of hydrogen-bond acceptors (Lipinski definition) is 4. The minimum Gasteiger partial charge on any atom is -0.383 e. The maximum Gasteiger partial charge on any atom is 0.280 e. The second-order valence-corrected chi connectivity index (χ2v) is 6.24. The standard InChI is InChI=1S/C9H21N3O3S/c1-9(2,8-15-3)11-16(13,14)12-6-4-10-5-7-12/h10-11H,4-8H2,1-3H3. The fourth-order valence-corrected chi connectivity index (χ4v) is 3.24. The van der Waals surface area contributed by atoms with Gasteiger partial charge in [0.1, 0.15) is 0 Å². The van der Waals surface area contributed by atoms with Gasteiger partial charge in [0.25, 0.3) is 10.2 Å². The van der Waals surface area contributed by atoms with Crippen LogP contribution in [0.1, 0.15) is 13.8 Å². The van der Waals surface area contributed by atoms with E-state index < -0.39 is 15.7 Å². The van der Waals surface area contributed by atoms with Crippen LogP contribution in [0.4, 0.5) is 0 Å². The minimum atomic E-state index is -3.40. The van der Waals surface area contributed by atoms with E-state index in [4.69, 9.17) is 4.74 Å². The van der Waals surface area contributed by atoms with Gasteiger partial charge in [-0.2, -0.15) is 17.4 Å². The summed E-state index contributed by atoms with van der Waals surface area (Å²) in [7, 11) is -1.84. The van der Waals surface area contributed by atoms with Crippen LogP contribution >= 0.6 is 0 Å². The monoisotopic (exact) mass is 251 g/mol. The molecule has 1 saturated heterocycles. The fourth-order valence-electron chi connectivity index (χ4n) is 1.69. The van der Waals surface area contributed by atoms with Crippen molar-refractivity contribution in [2.75, 3.05) is 39.9 Å². The molecule has 0 amide bonds. The van der Waals surface area contributed by atoms with Gasteiger partial charge in [-0.3, -0.25) is 0 Å². The van der Waals surface area contributed by atoms with Crippen LogP contribution in [0.3, 0.4) is 0 Å². The molecule has 1 aliphatic rings. The normalized spacial score (nSPS) is 19.9. The Hall–Kier alpha value is -0.210. The van der Waals surface area contributed by atoms with Gasteiger partial charge in [0, 0.05) is 33.3 Å². The van der Waals surface area contributed by atoms with Gasteiger partial charge < -0.3 is 10.1 Å². The summed E-state index contributed by atoms with van der Waals surface area (Å²) in [5.41, 5.74) is -0.585. The van der Waals surface area contributed by atoms with Crippen molar-refractivity contribution in [2.24, 2.45) is 0 Å². The maximum absolute atomic E-state index is 12.0. The predicted molar refractivity (Wildman–Crippen MR) is 62.5 cm³/mol. The molecule has 96 valence electrons. The third-order valence-electron chi connectivity index (χ3n) is 2.33. The van der Waals surface area contributed by atoms with Crippen LogP contribution in [0.25, 0.3) is 0 Å². The fraction of sp³-hybridized carbons (Fsp3) is 1.00. The highest BCUT2D eigenvalue weighted by atomic mass is 32.2. The van der Waals surface area contributed by atoms with Crippen molar-refractivity contribution in [3.05, 3.63) is 0 Å². The molecular formula is C9H21N3O3S. The zero-order valence-electron chi connectivity index (χ0n) is 10.1. The summed E-state index contributed by atoms with van der Waals surface area (Å²) >= 11 is 0. The lowest BCUT2D eigenvalue weighted by Gasteiger charge is -2.32. The summed E-state index contributed by atoms with van der Waals surface area (Å²) in [5.74, 6) is 0. The summed E-state index contributed by atoms with van der Waals surface area (Å²) in [4.78, 5) is 0. The van der Waals surface area contributed by atoms with Gasteiger partial charge in [0.2, 0.25) is 0 Å². The molecule has 1 rings (SSSR count). The summed E-state index contributed by atoms with van der Waals surface area (Å²) in [6, 6.07) is 0. The quantitative estimate of drug-likeness (QED) is 0.668. The Labute approximate surface area is 97.5 Å². The van der Waals surface area contributed by atoms with Crippen LogP contribution in [-0.4, -0.2) is 58.2 Å². The Morgan fingerprint density at radius 2 is 1.94 bits per heavy atom. The molecule has 16 heavy (non-hydrogen) atoms. The molecule has 0 aromatic rings. The zero-order chi connectivity index (χ0) is 12.2. The van der Waals surface area contributed by atoms with Crippen LogP contribution in [0.2, 0.25) is 0 Å². The molecule has 0 radical (unpaired) electrons. The van der Waals surface area contributed by atoms with Gasteiger partial charge >= 0.3 is 0 Å². The highest BCUT2D eigenvalue weighted by Crippen LogP contribution is 2.08. The van der Waals surface area contributed by atoms with Crippen molar-refractivity contribution in [1.29, 1.82) is 0 Å². The molecule has 2 N–H and O–H groups in total. The lowest BCUT2D eigenvalue weighted by molar-refractivity contribution is 0.139. The molecule has 7 heteroatoms. The Morgan fingerprint density at radius 1 is 1.38 bits per heavy atom. The van der Waals surface area contributed by atoms with Gasteiger partial charge in [-0.15, -0.1) is 0 Å². The Kier molecular flexibility index (Phi) is 4.69. The molecule has 0 aromatic heterocycles. The predicted octanol–water partition coefficient (Wildman–Crippen LogP) is -0.849. The van der Waals surface area contributed by atoms with Gasteiger partial charge in [-0.25, -0.2) is 0 Å². The molecule has 1 heterocycles. The molecule has 0 aromatic carbocycles. The van der Waals surface area contributed by atoms with Crippen LogP contribution in [0.15, 0.2) is 0 Å². The van der Waals surface area contributed by atoms with Crippen molar-refractivity contribution in [2.45, 2.75) is 19.4 Å². The van der Waals surface area contributed by atoms with E-state index >= 15 is 0 Å². The van der Waals surface area contributed by atoms with Crippen LogP contribution < -0.4 is 10.0 Å². The average molecular weight is 251 g/mol. The van der Waals surface area contributed by atoms with Crippen molar-refractivity contribution in [3.8, 4) is 0 Å². The molecule has 0 atom stereocenters. The van der Waals surface area contributed by atoms with Crippen molar-refractivity contribution >= 4 is 10.2 Å². The lowest BCUT2D eigenvalue weighted by atomic mass is 10.1. The Morgan fingerprint density at radius 3 is 2.44 bits per heavy atom. The van der Waals surface area contributed by atoms with Gasteiger partial charge in [0.15, 0.2) is 0 Å². The number of piperazine rings is 1. The number of methoxy groups -OCH3 is 1. The number of hydrogen-bond donors (Lipinski definition) is 2.